The summed E-state index contributed by atoms with van der Waals surface area (Å²) in [7, 11) is -3.26. The van der Waals surface area contributed by atoms with Crippen molar-refractivity contribution in [1.29, 1.82) is 0 Å². The van der Waals surface area contributed by atoms with Gasteiger partial charge in [-0.25, -0.2) is 8.42 Å². The fraction of sp³-hybridized carbons (Fsp3) is 0.208. The maximum atomic E-state index is 12.9. The molecule has 0 radical (unpaired) electrons. The fourth-order valence-corrected chi connectivity index (χ4v) is 4.43. The van der Waals surface area contributed by atoms with Gasteiger partial charge in [0.15, 0.2) is 15.7 Å². The van der Waals surface area contributed by atoms with Crippen LogP contribution in [-0.2, 0) is 9.84 Å². The first-order valence-electron chi connectivity index (χ1n) is 10.6. The average Bonchev–Trinajstić information content (AvgIpc) is 3.55. The van der Waals surface area contributed by atoms with E-state index < -0.39 is 9.84 Å². The minimum absolute atomic E-state index is 0.250. The van der Waals surface area contributed by atoms with E-state index in [0.29, 0.717) is 18.4 Å². The minimum Gasteiger partial charge on any atom is -0.333 e. The Morgan fingerprint density at radius 2 is 1.82 bits per heavy atom. The van der Waals surface area contributed by atoms with Crippen molar-refractivity contribution in [3.63, 3.8) is 0 Å². The maximum Gasteiger partial charge on any atom is 0.274 e. The molecule has 1 aliphatic heterocycles. The first-order valence-corrected chi connectivity index (χ1v) is 12.5. The van der Waals surface area contributed by atoms with Crippen molar-refractivity contribution in [2.75, 3.05) is 18.2 Å². The SMILES string of the molecule is CS(=O)(=O)c1ccc(-c2ccnc(C(=O)Nc3cccc(C4=NNCN4C4CC4)c3)c2)cc1. The predicted molar refractivity (Wildman–Crippen MR) is 127 cm³/mol. The first kappa shape index (κ1) is 21.1. The number of nitrogens with zero attached hydrogens (tertiary/aromatic N) is 3. The summed E-state index contributed by atoms with van der Waals surface area (Å²) in [6.45, 7) is 0.707. The highest BCUT2D eigenvalue weighted by Gasteiger charge is 2.34. The normalized spacial score (nSPS) is 15.7. The van der Waals surface area contributed by atoms with Gasteiger partial charge in [0.2, 0.25) is 0 Å². The number of carbonyl (C=O) groups excluding carboxylic acids is 1. The number of amidine groups is 1. The van der Waals surface area contributed by atoms with Gasteiger partial charge in [0.05, 0.1) is 4.90 Å². The number of hydrazone groups is 1. The van der Waals surface area contributed by atoms with Crippen molar-refractivity contribution < 1.29 is 13.2 Å². The van der Waals surface area contributed by atoms with Gasteiger partial charge >= 0.3 is 0 Å². The lowest BCUT2D eigenvalue weighted by atomic mass is 10.1. The summed E-state index contributed by atoms with van der Waals surface area (Å²) in [4.78, 5) is 19.6. The average molecular weight is 462 g/mol. The minimum atomic E-state index is -3.26. The van der Waals surface area contributed by atoms with E-state index in [1.807, 2.05) is 24.3 Å². The summed E-state index contributed by atoms with van der Waals surface area (Å²) >= 11 is 0. The van der Waals surface area contributed by atoms with Crippen LogP contribution in [0, 0.1) is 0 Å². The molecule has 0 atom stereocenters. The van der Waals surface area contributed by atoms with Gasteiger partial charge in [0.1, 0.15) is 12.4 Å². The van der Waals surface area contributed by atoms with E-state index in [4.69, 9.17) is 0 Å². The van der Waals surface area contributed by atoms with Crippen molar-refractivity contribution in [2.45, 2.75) is 23.8 Å². The van der Waals surface area contributed by atoms with Crippen LogP contribution in [0.5, 0.6) is 0 Å². The molecule has 1 saturated carbocycles. The van der Waals surface area contributed by atoms with Crippen molar-refractivity contribution >= 4 is 27.3 Å². The Labute approximate surface area is 192 Å². The second-order valence-corrected chi connectivity index (χ2v) is 10.2. The number of anilines is 1. The Morgan fingerprint density at radius 3 is 2.55 bits per heavy atom. The molecule has 9 heteroatoms. The fourth-order valence-electron chi connectivity index (χ4n) is 3.80. The van der Waals surface area contributed by atoms with Gasteiger partial charge in [-0.3, -0.25) is 15.2 Å². The molecule has 0 bridgehead atoms. The van der Waals surface area contributed by atoms with Gasteiger partial charge < -0.3 is 10.2 Å². The molecule has 2 heterocycles. The molecule has 2 N–H and O–H groups in total. The topological polar surface area (TPSA) is 104 Å². The summed E-state index contributed by atoms with van der Waals surface area (Å²) in [6.07, 6.45) is 5.09. The second kappa shape index (κ2) is 8.32. The maximum absolute atomic E-state index is 12.9. The standard InChI is InChI=1S/C24H23N5O3S/c1-33(31,32)21-9-5-16(6-10-21)17-11-12-25-22(14-17)24(30)27-19-4-2-3-18(13-19)23-28-26-15-29(23)20-7-8-20/h2-6,9-14,20,26H,7-8,15H2,1H3,(H,27,30). The van der Waals surface area contributed by atoms with E-state index in [9.17, 15) is 13.2 Å². The Bertz CT molecular complexity index is 1350. The van der Waals surface area contributed by atoms with Crippen LogP contribution in [0.4, 0.5) is 5.69 Å². The number of pyridine rings is 1. The van der Waals surface area contributed by atoms with Crippen LogP contribution in [0.3, 0.4) is 0 Å². The van der Waals surface area contributed by atoms with Gasteiger partial charge in [0.25, 0.3) is 5.91 Å². The van der Waals surface area contributed by atoms with Gasteiger partial charge in [-0.15, -0.1) is 0 Å². The molecule has 1 fully saturated rings. The number of rotatable bonds is 6. The zero-order valence-electron chi connectivity index (χ0n) is 18.0. The lowest BCUT2D eigenvalue weighted by Crippen LogP contribution is -2.32. The number of sulfone groups is 1. The quantitative estimate of drug-likeness (QED) is 0.585. The molecule has 3 aromatic rings. The predicted octanol–water partition coefficient (Wildman–Crippen LogP) is 3.09. The summed E-state index contributed by atoms with van der Waals surface area (Å²) in [5.74, 6) is 0.568. The number of benzene rings is 2. The van der Waals surface area contributed by atoms with E-state index in [0.717, 1.165) is 22.5 Å². The Hall–Kier alpha value is -3.72. The summed E-state index contributed by atoms with van der Waals surface area (Å²) in [5.41, 5.74) is 6.49. The van der Waals surface area contributed by atoms with Crippen LogP contribution in [-0.4, -0.2) is 49.0 Å². The zero-order chi connectivity index (χ0) is 23.0. The monoisotopic (exact) mass is 461 g/mol. The lowest BCUT2D eigenvalue weighted by molar-refractivity contribution is 0.102. The molecule has 0 unspecified atom stereocenters. The molecule has 2 aliphatic rings. The van der Waals surface area contributed by atoms with Crippen LogP contribution < -0.4 is 10.7 Å². The highest BCUT2D eigenvalue weighted by atomic mass is 32.2. The van der Waals surface area contributed by atoms with Crippen molar-refractivity contribution in [1.82, 2.24) is 15.3 Å². The molecule has 0 saturated heterocycles. The molecule has 1 aromatic heterocycles. The highest BCUT2D eigenvalue weighted by molar-refractivity contribution is 7.90. The van der Waals surface area contributed by atoms with Gasteiger partial charge in [-0.1, -0.05) is 24.3 Å². The molecule has 5 rings (SSSR count). The van der Waals surface area contributed by atoms with E-state index >= 15 is 0 Å². The largest absolute Gasteiger partial charge is 0.333 e. The molecule has 1 amide bonds. The number of carbonyl (C=O) groups is 1. The lowest BCUT2D eigenvalue weighted by Gasteiger charge is -2.18. The van der Waals surface area contributed by atoms with Crippen molar-refractivity contribution in [2.24, 2.45) is 5.10 Å². The Balaban J connectivity index is 1.34. The summed E-state index contributed by atoms with van der Waals surface area (Å²) in [6, 6.07) is 18.2. The Morgan fingerprint density at radius 1 is 1.03 bits per heavy atom. The van der Waals surface area contributed by atoms with Crippen molar-refractivity contribution in [3.8, 4) is 11.1 Å². The molecule has 2 aromatic carbocycles. The smallest absolute Gasteiger partial charge is 0.274 e. The summed E-state index contributed by atoms with van der Waals surface area (Å²) < 4.78 is 23.4. The van der Waals surface area contributed by atoms with E-state index in [-0.39, 0.29) is 16.5 Å². The highest BCUT2D eigenvalue weighted by Crippen LogP contribution is 2.30. The summed E-state index contributed by atoms with van der Waals surface area (Å²) in [5, 5.41) is 7.34. The Kier molecular flexibility index (Phi) is 5.33. The van der Waals surface area contributed by atoms with Crippen LogP contribution in [0.1, 0.15) is 28.9 Å². The molecule has 33 heavy (non-hydrogen) atoms. The number of aromatic nitrogens is 1. The third-order valence-electron chi connectivity index (χ3n) is 5.67. The number of hydrogen-bond donors (Lipinski definition) is 2. The molecule has 8 nitrogen and oxygen atoms in total. The van der Waals surface area contributed by atoms with Gasteiger partial charge in [0, 0.05) is 29.7 Å². The molecule has 168 valence electrons. The van der Waals surface area contributed by atoms with Gasteiger partial charge in [-0.2, -0.15) is 5.10 Å². The third-order valence-corrected chi connectivity index (χ3v) is 6.80. The molecule has 1 aliphatic carbocycles. The van der Waals surface area contributed by atoms with Crippen LogP contribution >= 0.6 is 0 Å². The van der Waals surface area contributed by atoms with E-state index in [1.54, 1.807) is 42.6 Å². The van der Waals surface area contributed by atoms with Crippen LogP contribution in [0.25, 0.3) is 11.1 Å². The zero-order valence-corrected chi connectivity index (χ0v) is 18.8. The number of nitrogens with one attached hydrogen (secondary N) is 2. The van der Waals surface area contributed by atoms with Crippen molar-refractivity contribution in [3.05, 3.63) is 78.1 Å². The van der Waals surface area contributed by atoms with E-state index in [1.165, 1.54) is 19.1 Å². The second-order valence-electron chi connectivity index (χ2n) is 8.21. The number of amides is 1. The number of hydrogen-bond acceptors (Lipinski definition) is 7. The first-order chi connectivity index (χ1) is 15.9. The van der Waals surface area contributed by atoms with Crippen LogP contribution in [0.15, 0.2) is 76.9 Å². The van der Waals surface area contributed by atoms with Gasteiger partial charge in [-0.05, 0) is 60.4 Å². The van der Waals surface area contributed by atoms with E-state index in [2.05, 4.69) is 25.7 Å². The molecular formula is C24H23N5O3S. The van der Waals surface area contributed by atoms with Crippen LogP contribution in [0.2, 0.25) is 0 Å². The molecular weight excluding hydrogens is 438 g/mol. The third kappa shape index (κ3) is 4.58. The molecule has 0 spiro atoms.